The van der Waals surface area contributed by atoms with Crippen molar-refractivity contribution in [1.82, 2.24) is 0 Å². The van der Waals surface area contributed by atoms with Gasteiger partial charge in [-0.1, -0.05) is 52.4 Å². The number of hydrogen-bond donors (Lipinski definition) is 0. The molecule has 0 radical (unpaired) electrons. The van der Waals surface area contributed by atoms with Crippen LogP contribution in [0.15, 0.2) is 24.3 Å². The molecule has 0 N–H and O–H groups in total. The SMILES string of the molecule is CCCCCC(C(F)(F)F)S(=O)(=O)Oc1ccc(OS(=O)(=O)C(CCCCC)C(F)(F)F)cc1. The zero-order valence-corrected chi connectivity index (χ0v) is 20.3. The summed E-state index contributed by atoms with van der Waals surface area (Å²) in [5.74, 6) is -1.16. The Kier molecular flexibility index (Phi) is 11.0. The maximum atomic E-state index is 13.2. The first kappa shape index (κ1) is 30.3. The van der Waals surface area contributed by atoms with Gasteiger partial charge in [0.2, 0.25) is 0 Å². The minimum atomic E-state index is -5.14. The van der Waals surface area contributed by atoms with Gasteiger partial charge in [-0.2, -0.15) is 43.2 Å². The molecule has 1 aromatic carbocycles. The number of hydrogen-bond acceptors (Lipinski definition) is 6. The van der Waals surface area contributed by atoms with E-state index in [2.05, 4.69) is 8.37 Å². The largest absolute Gasteiger partial charge is 0.408 e. The summed E-state index contributed by atoms with van der Waals surface area (Å²) in [6, 6.07) is 3.17. The number of benzene rings is 1. The van der Waals surface area contributed by atoms with Gasteiger partial charge in [-0.25, -0.2) is 0 Å². The Hall–Kier alpha value is -1.70. The zero-order chi connectivity index (χ0) is 26.2. The van der Waals surface area contributed by atoms with E-state index in [0.29, 0.717) is 25.7 Å². The van der Waals surface area contributed by atoms with Crippen molar-refractivity contribution in [2.45, 2.75) is 88.1 Å². The van der Waals surface area contributed by atoms with Gasteiger partial charge in [0.05, 0.1) is 0 Å². The second-order valence-electron chi connectivity index (χ2n) is 7.68. The van der Waals surface area contributed by atoms with Crippen molar-refractivity contribution in [3.05, 3.63) is 24.3 Å². The molecule has 0 saturated carbocycles. The molecule has 0 aliphatic heterocycles. The first-order chi connectivity index (χ1) is 15.5. The first-order valence-electron chi connectivity index (χ1n) is 10.6. The monoisotopic (exact) mass is 542 g/mol. The number of halogens is 6. The molecule has 2 atom stereocenters. The van der Waals surface area contributed by atoms with Crippen LogP contribution in [0.1, 0.15) is 65.2 Å². The summed E-state index contributed by atoms with van der Waals surface area (Å²) in [5, 5.41) is -5.53. The van der Waals surface area contributed by atoms with Gasteiger partial charge >= 0.3 is 32.6 Å². The van der Waals surface area contributed by atoms with Crippen LogP contribution in [0.3, 0.4) is 0 Å². The van der Waals surface area contributed by atoms with E-state index in [1.165, 1.54) is 0 Å². The normalized spacial score (nSPS) is 15.1. The third-order valence-electron chi connectivity index (χ3n) is 4.82. The lowest BCUT2D eigenvalue weighted by Crippen LogP contribution is -2.39. The van der Waals surface area contributed by atoms with Gasteiger partial charge in [-0.15, -0.1) is 0 Å². The van der Waals surface area contributed by atoms with Crippen LogP contribution in [0.4, 0.5) is 26.3 Å². The molecule has 0 amide bonds. The maximum absolute atomic E-state index is 13.2. The Morgan fingerprint density at radius 3 is 1.18 bits per heavy atom. The molecule has 0 aliphatic rings. The fraction of sp³-hybridized carbons (Fsp3) is 0.700. The molecule has 0 spiro atoms. The van der Waals surface area contributed by atoms with E-state index >= 15 is 0 Å². The summed E-state index contributed by atoms with van der Waals surface area (Å²) >= 11 is 0. The second-order valence-corrected chi connectivity index (χ2v) is 11.1. The van der Waals surface area contributed by atoms with E-state index in [0.717, 1.165) is 24.3 Å². The summed E-state index contributed by atoms with van der Waals surface area (Å²) < 4.78 is 137. The topological polar surface area (TPSA) is 86.7 Å². The quantitative estimate of drug-likeness (QED) is 0.160. The summed E-state index contributed by atoms with van der Waals surface area (Å²) in [6.07, 6.45) is -9.61. The highest BCUT2D eigenvalue weighted by atomic mass is 32.2. The van der Waals surface area contributed by atoms with E-state index < -0.39 is 67.4 Å². The summed E-state index contributed by atoms with van der Waals surface area (Å²) in [5.41, 5.74) is 0. The van der Waals surface area contributed by atoms with Gasteiger partial charge < -0.3 is 8.37 Å². The van der Waals surface area contributed by atoms with Gasteiger partial charge in [-0.05, 0) is 37.1 Å². The van der Waals surface area contributed by atoms with Gasteiger partial charge in [0.15, 0.2) is 10.5 Å². The minimum Gasteiger partial charge on any atom is -0.382 e. The van der Waals surface area contributed by atoms with E-state index in [4.69, 9.17) is 0 Å². The molecule has 14 heteroatoms. The van der Waals surface area contributed by atoms with Crippen LogP contribution >= 0.6 is 0 Å². The number of unbranched alkanes of at least 4 members (excludes halogenated alkanes) is 4. The fourth-order valence-electron chi connectivity index (χ4n) is 3.04. The van der Waals surface area contributed by atoms with E-state index in [-0.39, 0.29) is 12.8 Å². The summed E-state index contributed by atoms with van der Waals surface area (Å²) in [7, 11) is -10.3. The van der Waals surface area contributed by atoms with Crippen molar-refractivity contribution in [2.75, 3.05) is 0 Å². The van der Waals surface area contributed by atoms with Crippen LogP contribution in [-0.4, -0.2) is 39.7 Å². The van der Waals surface area contributed by atoms with E-state index in [1.807, 2.05) is 0 Å². The molecular formula is C20H28F6O6S2. The third kappa shape index (κ3) is 9.51. The van der Waals surface area contributed by atoms with Crippen LogP contribution in [0.2, 0.25) is 0 Å². The predicted octanol–water partition coefficient (Wildman–Crippen LogP) is 6.13. The average Bonchev–Trinajstić information content (AvgIpc) is 2.67. The van der Waals surface area contributed by atoms with Gasteiger partial charge in [0.25, 0.3) is 0 Å². The molecule has 2 unspecified atom stereocenters. The van der Waals surface area contributed by atoms with Crippen LogP contribution in [-0.2, 0) is 20.2 Å². The average molecular weight is 543 g/mol. The Balaban J connectivity index is 3.00. The van der Waals surface area contributed by atoms with Crippen LogP contribution < -0.4 is 8.37 Å². The molecule has 0 bridgehead atoms. The highest BCUT2D eigenvalue weighted by Gasteiger charge is 2.50. The zero-order valence-electron chi connectivity index (χ0n) is 18.7. The predicted molar refractivity (Wildman–Crippen MR) is 114 cm³/mol. The van der Waals surface area contributed by atoms with Crippen LogP contribution in [0.25, 0.3) is 0 Å². The Morgan fingerprint density at radius 2 is 0.941 bits per heavy atom. The van der Waals surface area contributed by atoms with Crippen LogP contribution in [0.5, 0.6) is 11.5 Å². The van der Waals surface area contributed by atoms with Gasteiger partial charge in [0.1, 0.15) is 11.5 Å². The molecule has 6 nitrogen and oxygen atoms in total. The van der Waals surface area contributed by atoms with Crippen molar-refractivity contribution in [1.29, 1.82) is 0 Å². The highest BCUT2D eigenvalue weighted by Crippen LogP contribution is 2.34. The smallest absolute Gasteiger partial charge is 0.382 e. The minimum absolute atomic E-state index is 0.00648. The van der Waals surface area contributed by atoms with Crippen molar-refractivity contribution in [3.8, 4) is 11.5 Å². The molecule has 0 aromatic heterocycles. The van der Waals surface area contributed by atoms with Crippen molar-refractivity contribution < 1.29 is 51.5 Å². The highest BCUT2D eigenvalue weighted by molar-refractivity contribution is 7.88. The van der Waals surface area contributed by atoms with E-state index in [1.54, 1.807) is 13.8 Å². The Bertz CT molecular complexity index is 878. The Labute approximate surface area is 195 Å². The van der Waals surface area contributed by atoms with Gasteiger partial charge in [0, 0.05) is 0 Å². The molecule has 0 fully saturated rings. The van der Waals surface area contributed by atoms with Gasteiger partial charge in [-0.3, -0.25) is 0 Å². The van der Waals surface area contributed by atoms with Crippen molar-refractivity contribution in [2.24, 2.45) is 0 Å². The Morgan fingerprint density at radius 1 is 0.647 bits per heavy atom. The first-order valence-corrected chi connectivity index (χ1v) is 13.6. The summed E-state index contributed by atoms with van der Waals surface area (Å²) in [6.45, 7) is 3.47. The maximum Gasteiger partial charge on any atom is 0.408 e. The lowest BCUT2D eigenvalue weighted by Gasteiger charge is -2.21. The van der Waals surface area contributed by atoms with Crippen molar-refractivity contribution >= 4 is 20.2 Å². The fourth-order valence-corrected chi connectivity index (χ4v) is 5.59. The lowest BCUT2D eigenvalue weighted by molar-refractivity contribution is -0.133. The number of rotatable bonds is 14. The molecular weight excluding hydrogens is 514 g/mol. The third-order valence-corrected chi connectivity index (χ3v) is 8.06. The lowest BCUT2D eigenvalue weighted by atomic mass is 10.1. The standard InChI is InChI=1S/C20H28F6O6S2/c1-3-5-7-9-17(19(21,22)23)33(27,28)31-15-11-13-16(14-12-15)32-34(29,30)18(20(24,25)26)10-8-6-4-2/h11-14,17-18H,3-10H2,1-2H3. The van der Waals surface area contributed by atoms with E-state index in [9.17, 15) is 43.2 Å². The molecule has 0 aliphatic carbocycles. The molecule has 0 saturated heterocycles. The number of alkyl halides is 6. The second kappa shape index (κ2) is 12.3. The molecule has 34 heavy (non-hydrogen) atoms. The molecule has 1 aromatic rings. The molecule has 0 heterocycles. The van der Waals surface area contributed by atoms with Crippen molar-refractivity contribution in [3.63, 3.8) is 0 Å². The summed E-state index contributed by atoms with van der Waals surface area (Å²) in [4.78, 5) is 0. The molecule has 1 rings (SSSR count). The van der Waals surface area contributed by atoms with Crippen LogP contribution in [0, 0.1) is 0 Å². The molecule has 198 valence electrons.